The number of rotatable bonds is 4. The van der Waals surface area contributed by atoms with Gasteiger partial charge in [0, 0.05) is 17.3 Å². The van der Waals surface area contributed by atoms with Gasteiger partial charge in [0.1, 0.15) is 6.10 Å². The molecule has 0 N–H and O–H groups in total. The van der Waals surface area contributed by atoms with Crippen molar-refractivity contribution in [2.45, 2.75) is 25.4 Å². The number of carbonyl (C=O) groups excluding carboxylic acids is 1. The average molecular weight is 290 g/mol. The van der Waals surface area contributed by atoms with Gasteiger partial charge in [0.05, 0.1) is 6.54 Å². The first-order valence-electron chi connectivity index (χ1n) is 6.04. The average Bonchev–Trinajstić information content (AvgIpc) is 2.88. The van der Waals surface area contributed by atoms with Crippen molar-refractivity contribution in [3.05, 3.63) is 29.3 Å². The SMILES string of the molecule is O=C(C1CCCO1)N(CC(F)F)c1cccc(Cl)c1. The van der Waals surface area contributed by atoms with E-state index in [1.54, 1.807) is 18.2 Å². The first kappa shape index (κ1) is 14.2. The van der Waals surface area contributed by atoms with E-state index >= 15 is 0 Å². The lowest BCUT2D eigenvalue weighted by molar-refractivity contribution is -0.127. The maximum atomic E-state index is 12.7. The molecule has 1 aliphatic heterocycles. The molecule has 1 unspecified atom stereocenters. The maximum Gasteiger partial charge on any atom is 0.256 e. The molecule has 0 aliphatic carbocycles. The van der Waals surface area contributed by atoms with Gasteiger partial charge in [-0.1, -0.05) is 17.7 Å². The van der Waals surface area contributed by atoms with Crippen LogP contribution in [0.2, 0.25) is 5.02 Å². The zero-order valence-electron chi connectivity index (χ0n) is 10.2. The van der Waals surface area contributed by atoms with E-state index in [1.165, 1.54) is 6.07 Å². The number of ether oxygens (including phenoxy) is 1. The van der Waals surface area contributed by atoms with Crippen LogP contribution in [0, 0.1) is 0 Å². The van der Waals surface area contributed by atoms with Gasteiger partial charge in [0.15, 0.2) is 0 Å². The second-order valence-corrected chi connectivity index (χ2v) is 4.76. The minimum absolute atomic E-state index is 0.369. The molecule has 0 saturated carbocycles. The smallest absolute Gasteiger partial charge is 0.256 e. The van der Waals surface area contributed by atoms with Crippen LogP contribution in [0.5, 0.6) is 0 Å². The predicted molar refractivity (Wildman–Crippen MR) is 68.8 cm³/mol. The van der Waals surface area contributed by atoms with Crippen LogP contribution in [0.4, 0.5) is 14.5 Å². The van der Waals surface area contributed by atoms with Gasteiger partial charge >= 0.3 is 0 Å². The van der Waals surface area contributed by atoms with Crippen molar-refractivity contribution in [2.75, 3.05) is 18.1 Å². The van der Waals surface area contributed by atoms with Crippen LogP contribution < -0.4 is 4.90 Å². The largest absolute Gasteiger partial charge is 0.368 e. The quantitative estimate of drug-likeness (QED) is 0.852. The molecular weight excluding hydrogens is 276 g/mol. The van der Waals surface area contributed by atoms with Gasteiger partial charge in [0.2, 0.25) is 0 Å². The van der Waals surface area contributed by atoms with Crippen LogP contribution in [0.25, 0.3) is 0 Å². The minimum atomic E-state index is -2.61. The third-order valence-electron chi connectivity index (χ3n) is 2.91. The van der Waals surface area contributed by atoms with E-state index in [2.05, 4.69) is 0 Å². The van der Waals surface area contributed by atoms with Crippen molar-refractivity contribution in [3.8, 4) is 0 Å². The van der Waals surface area contributed by atoms with Crippen molar-refractivity contribution in [1.82, 2.24) is 0 Å². The summed E-state index contributed by atoms with van der Waals surface area (Å²) in [6.07, 6.45) is -1.89. The number of anilines is 1. The second-order valence-electron chi connectivity index (χ2n) is 4.32. The van der Waals surface area contributed by atoms with Crippen molar-refractivity contribution < 1.29 is 18.3 Å². The molecule has 0 spiro atoms. The Morgan fingerprint density at radius 1 is 1.53 bits per heavy atom. The number of hydrogen-bond acceptors (Lipinski definition) is 2. The van der Waals surface area contributed by atoms with Crippen molar-refractivity contribution >= 4 is 23.2 Å². The van der Waals surface area contributed by atoms with E-state index in [4.69, 9.17) is 16.3 Å². The summed E-state index contributed by atoms with van der Waals surface area (Å²) in [5.74, 6) is -0.430. The molecule has 1 aromatic carbocycles. The highest BCUT2D eigenvalue weighted by Crippen LogP contribution is 2.24. The molecule has 1 atom stereocenters. The van der Waals surface area contributed by atoms with Crippen molar-refractivity contribution in [2.24, 2.45) is 0 Å². The molecule has 6 heteroatoms. The summed E-state index contributed by atoms with van der Waals surface area (Å²) in [4.78, 5) is 13.3. The van der Waals surface area contributed by atoms with Crippen LogP contribution in [0.15, 0.2) is 24.3 Å². The summed E-state index contributed by atoms with van der Waals surface area (Å²) < 4.78 is 30.6. The van der Waals surface area contributed by atoms with Crippen LogP contribution in [-0.2, 0) is 9.53 Å². The lowest BCUT2D eigenvalue weighted by atomic mass is 10.2. The third-order valence-corrected chi connectivity index (χ3v) is 3.15. The van der Waals surface area contributed by atoms with Crippen LogP contribution in [0.1, 0.15) is 12.8 Å². The molecule has 3 nitrogen and oxygen atoms in total. The van der Waals surface area contributed by atoms with E-state index in [0.29, 0.717) is 23.7 Å². The van der Waals surface area contributed by atoms with Crippen LogP contribution in [-0.4, -0.2) is 31.6 Å². The second kappa shape index (κ2) is 6.30. The fraction of sp³-hybridized carbons (Fsp3) is 0.462. The lowest BCUT2D eigenvalue weighted by Gasteiger charge is -2.25. The Hall–Kier alpha value is -1.20. The zero-order valence-corrected chi connectivity index (χ0v) is 10.9. The fourth-order valence-electron chi connectivity index (χ4n) is 2.05. The monoisotopic (exact) mass is 289 g/mol. The molecule has 1 fully saturated rings. The summed E-state index contributed by atoms with van der Waals surface area (Å²) in [5.41, 5.74) is 0.369. The first-order valence-corrected chi connectivity index (χ1v) is 6.42. The number of nitrogens with zero attached hydrogens (tertiary/aromatic N) is 1. The number of alkyl halides is 2. The van der Waals surface area contributed by atoms with Crippen molar-refractivity contribution in [3.63, 3.8) is 0 Å². The summed E-state index contributed by atoms with van der Waals surface area (Å²) in [6.45, 7) is -0.159. The van der Waals surface area contributed by atoms with E-state index in [9.17, 15) is 13.6 Å². The molecule has 1 aliphatic rings. The maximum absolute atomic E-state index is 12.7. The van der Waals surface area contributed by atoms with Gasteiger partial charge in [-0.2, -0.15) is 0 Å². The van der Waals surface area contributed by atoms with Gasteiger partial charge in [-0.15, -0.1) is 0 Å². The normalized spacial score (nSPS) is 18.8. The highest BCUT2D eigenvalue weighted by molar-refractivity contribution is 6.30. The third kappa shape index (κ3) is 3.64. The fourth-order valence-corrected chi connectivity index (χ4v) is 2.24. The number of carbonyl (C=O) groups is 1. The number of amides is 1. The minimum Gasteiger partial charge on any atom is -0.368 e. The highest BCUT2D eigenvalue weighted by atomic mass is 35.5. The lowest BCUT2D eigenvalue weighted by Crippen LogP contribution is -2.41. The summed E-state index contributed by atoms with van der Waals surface area (Å²) in [5, 5.41) is 0.400. The van der Waals surface area contributed by atoms with E-state index in [0.717, 1.165) is 11.3 Å². The Morgan fingerprint density at radius 2 is 2.32 bits per heavy atom. The summed E-state index contributed by atoms with van der Waals surface area (Å²) >= 11 is 5.83. The van der Waals surface area contributed by atoms with Gasteiger partial charge in [0.25, 0.3) is 12.3 Å². The molecule has 19 heavy (non-hydrogen) atoms. The Labute approximate surface area is 115 Å². The summed E-state index contributed by atoms with van der Waals surface area (Å²) in [6, 6.07) is 6.33. The van der Waals surface area contributed by atoms with E-state index in [1.807, 2.05) is 0 Å². The molecule has 1 heterocycles. The topological polar surface area (TPSA) is 29.5 Å². The Morgan fingerprint density at radius 3 is 2.89 bits per heavy atom. The number of halogens is 3. The van der Waals surface area contributed by atoms with Crippen LogP contribution >= 0.6 is 11.6 Å². The zero-order chi connectivity index (χ0) is 13.8. The van der Waals surface area contributed by atoms with E-state index in [-0.39, 0.29) is 0 Å². The van der Waals surface area contributed by atoms with Gasteiger partial charge in [-0.05, 0) is 31.0 Å². The van der Waals surface area contributed by atoms with Crippen LogP contribution in [0.3, 0.4) is 0 Å². The molecule has 1 amide bonds. The highest BCUT2D eigenvalue weighted by Gasteiger charge is 2.30. The molecule has 0 radical (unpaired) electrons. The Balaban J connectivity index is 2.22. The van der Waals surface area contributed by atoms with Gasteiger partial charge < -0.3 is 9.64 Å². The Kier molecular flexibility index (Phi) is 4.71. The molecule has 2 rings (SSSR count). The van der Waals surface area contributed by atoms with Gasteiger partial charge in [-0.3, -0.25) is 4.79 Å². The molecule has 0 aromatic heterocycles. The standard InChI is InChI=1S/C13H14ClF2NO2/c14-9-3-1-4-10(7-9)17(8-12(15)16)13(18)11-5-2-6-19-11/h1,3-4,7,11-12H,2,5-6,8H2. The van der Waals surface area contributed by atoms with E-state index < -0.39 is 25.0 Å². The number of benzene rings is 1. The van der Waals surface area contributed by atoms with Gasteiger partial charge in [-0.25, -0.2) is 8.78 Å². The first-order chi connectivity index (χ1) is 9.08. The summed E-state index contributed by atoms with van der Waals surface area (Å²) in [7, 11) is 0. The predicted octanol–water partition coefficient (Wildman–Crippen LogP) is 3.12. The molecule has 1 saturated heterocycles. The van der Waals surface area contributed by atoms with Crippen molar-refractivity contribution in [1.29, 1.82) is 0 Å². The number of hydrogen-bond donors (Lipinski definition) is 0. The Bertz CT molecular complexity index is 450. The molecular formula is C13H14ClF2NO2. The molecule has 104 valence electrons. The molecule has 0 bridgehead atoms. The molecule has 1 aromatic rings.